The van der Waals surface area contributed by atoms with Crippen LogP contribution >= 0.6 is 12.4 Å². The maximum atomic E-state index is 12.0. The Hall–Kier alpha value is -1.84. The zero-order valence-electron chi connectivity index (χ0n) is 13.9. The molecule has 2 aromatic rings. The van der Waals surface area contributed by atoms with Crippen LogP contribution in [0.25, 0.3) is 11.1 Å². The predicted molar refractivity (Wildman–Crippen MR) is 98.5 cm³/mol. The van der Waals surface area contributed by atoms with Crippen molar-refractivity contribution in [2.75, 3.05) is 0 Å². The molecule has 2 unspecified atom stereocenters. The van der Waals surface area contributed by atoms with E-state index in [9.17, 15) is 4.79 Å². The molecule has 0 aliphatic heterocycles. The number of nitrogens with two attached hydrogens (primary N) is 1. The average molecular weight is 333 g/mol. The number of benzene rings is 2. The van der Waals surface area contributed by atoms with E-state index in [1.54, 1.807) is 0 Å². The van der Waals surface area contributed by atoms with E-state index in [1.807, 2.05) is 26.0 Å². The molecule has 3 nitrogen and oxygen atoms in total. The Bertz CT molecular complexity index is 655. The molecule has 0 radical (unpaired) electrons. The van der Waals surface area contributed by atoms with Crippen LogP contribution in [0.5, 0.6) is 0 Å². The third-order valence-corrected chi connectivity index (χ3v) is 3.95. The molecule has 0 spiro atoms. The summed E-state index contributed by atoms with van der Waals surface area (Å²) in [5, 5.41) is 2.95. The van der Waals surface area contributed by atoms with Gasteiger partial charge in [-0.3, -0.25) is 4.79 Å². The van der Waals surface area contributed by atoms with E-state index in [0.29, 0.717) is 6.54 Å². The highest BCUT2D eigenvalue weighted by molar-refractivity contribution is 5.85. The molecule has 4 heteroatoms. The largest absolute Gasteiger partial charge is 0.352 e. The Morgan fingerprint density at radius 1 is 1.09 bits per heavy atom. The lowest BCUT2D eigenvalue weighted by Gasteiger charge is -2.15. The second kappa shape index (κ2) is 8.70. The summed E-state index contributed by atoms with van der Waals surface area (Å²) in [6, 6.07) is 16.5. The molecule has 0 bridgehead atoms. The Balaban J connectivity index is 0.00000264. The molecule has 2 aromatic carbocycles. The summed E-state index contributed by atoms with van der Waals surface area (Å²) in [6.07, 6.45) is 0. The van der Waals surface area contributed by atoms with Gasteiger partial charge in [-0.2, -0.15) is 0 Å². The molecule has 0 heterocycles. The van der Waals surface area contributed by atoms with Crippen molar-refractivity contribution in [2.24, 2.45) is 11.7 Å². The molecule has 0 fully saturated rings. The van der Waals surface area contributed by atoms with Gasteiger partial charge in [0.15, 0.2) is 0 Å². The van der Waals surface area contributed by atoms with Gasteiger partial charge in [-0.05, 0) is 36.6 Å². The van der Waals surface area contributed by atoms with Gasteiger partial charge in [0.05, 0.1) is 0 Å². The van der Waals surface area contributed by atoms with Crippen LogP contribution in [0.1, 0.15) is 25.0 Å². The smallest absolute Gasteiger partial charge is 0.224 e. The lowest BCUT2D eigenvalue weighted by atomic mass is 10.0. The van der Waals surface area contributed by atoms with E-state index in [2.05, 4.69) is 48.6 Å². The molecule has 2 rings (SSSR count). The van der Waals surface area contributed by atoms with Gasteiger partial charge in [0.2, 0.25) is 5.91 Å². The van der Waals surface area contributed by atoms with Crippen LogP contribution in [0.3, 0.4) is 0 Å². The summed E-state index contributed by atoms with van der Waals surface area (Å²) in [6.45, 7) is 6.31. The number of nitrogens with one attached hydrogen (secondary N) is 1. The minimum atomic E-state index is -0.181. The number of amides is 1. The first-order valence-corrected chi connectivity index (χ1v) is 7.66. The number of hydrogen-bond acceptors (Lipinski definition) is 2. The van der Waals surface area contributed by atoms with Crippen LogP contribution in [0.2, 0.25) is 0 Å². The van der Waals surface area contributed by atoms with Crippen LogP contribution in [0.15, 0.2) is 48.5 Å². The highest BCUT2D eigenvalue weighted by atomic mass is 35.5. The van der Waals surface area contributed by atoms with Crippen molar-refractivity contribution in [3.8, 4) is 11.1 Å². The molecule has 0 aliphatic rings. The first-order valence-electron chi connectivity index (χ1n) is 7.66. The van der Waals surface area contributed by atoms with Crippen molar-refractivity contribution in [1.82, 2.24) is 5.32 Å². The van der Waals surface area contributed by atoms with Crippen molar-refractivity contribution in [3.63, 3.8) is 0 Å². The van der Waals surface area contributed by atoms with Gasteiger partial charge in [-0.1, -0.05) is 55.0 Å². The molecule has 124 valence electrons. The summed E-state index contributed by atoms with van der Waals surface area (Å²) in [4.78, 5) is 12.0. The Kier molecular flexibility index (Phi) is 7.27. The van der Waals surface area contributed by atoms with Gasteiger partial charge >= 0.3 is 0 Å². The van der Waals surface area contributed by atoms with Crippen LogP contribution in [-0.4, -0.2) is 11.9 Å². The maximum Gasteiger partial charge on any atom is 0.224 e. The minimum Gasteiger partial charge on any atom is -0.352 e. The second-order valence-corrected chi connectivity index (χ2v) is 5.94. The summed E-state index contributed by atoms with van der Waals surface area (Å²) < 4.78 is 0. The van der Waals surface area contributed by atoms with E-state index in [-0.39, 0.29) is 30.3 Å². The quantitative estimate of drug-likeness (QED) is 0.877. The van der Waals surface area contributed by atoms with Gasteiger partial charge in [-0.15, -0.1) is 12.4 Å². The van der Waals surface area contributed by atoms with Crippen molar-refractivity contribution < 1.29 is 4.79 Å². The first-order chi connectivity index (χ1) is 10.5. The summed E-state index contributed by atoms with van der Waals surface area (Å²) >= 11 is 0. The Morgan fingerprint density at radius 3 is 2.30 bits per heavy atom. The highest BCUT2D eigenvalue weighted by Gasteiger charge is 2.16. The second-order valence-electron chi connectivity index (χ2n) is 5.94. The van der Waals surface area contributed by atoms with Crippen LogP contribution in [-0.2, 0) is 11.3 Å². The third kappa shape index (κ3) is 5.38. The van der Waals surface area contributed by atoms with Gasteiger partial charge in [0, 0.05) is 18.5 Å². The van der Waals surface area contributed by atoms with Gasteiger partial charge in [0.25, 0.3) is 0 Å². The van der Waals surface area contributed by atoms with Crippen molar-refractivity contribution >= 4 is 18.3 Å². The number of aryl methyl sites for hydroxylation is 1. The van der Waals surface area contributed by atoms with E-state index in [4.69, 9.17) is 5.73 Å². The Labute approximate surface area is 144 Å². The third-order valence-electron chi connectivity index (χ3n) is 3.95. The number of halogens is 1. The molecular weight excluding hydrogens is 308 g/mol. The monoisotopic (exact) mass is 332 g/mol. The molecule has 0 saturated heterocycles. The fourth-order valence-electron chi connectivity index (χ4n) is 2.27. The average Bonchev–Trinajstić information content (AvgIpc) is 2.52. The maximum absolute atomic E-state index is 12.0. The molecule has 2 atom stereocenters. The minimum absolute atomic E-state index is 0. The summed E-state index contributed by atoms with van der Waals surface area (Å²) in [5.41, 5.74) is 10.4. The number of carbonyl (C=O) groups is 1. The van der Waals surface area contributed by atoms with E-state index in [1.165, 1.54) is 11.1 Å². The zero-order chi connectivity index (χ0) is 16.1. The molecular formula is C19H25ClN2O. The van der Waals surface area contributed by atoms with E-state index < -0.39 is 0 Å². The SMILES string of the molecule is Cc1cccc(-c2cccc(CNC(=O)C(C)C(C)N)c2)c1.Cl. The summed E-state index contributed by atoms with van der Waals surface area (Å²) in [5.74, 6) is -0.184. The van der Waals surface area contributed by atoms with Crippen molar-refractivity contribution in [3.05, 3.63) is 59.7 Å². The van der Waals surface area contributed by atoms with Crippen molar-refractivity contribution in [2.45, 2.75) is 33.4 Å². The molecule has 3 N–H and O–H groups in total. The first kappa shape index (κ1) is 19.2. The van der Waals surface area contributed by atoms with Crippen LogP contribution in [0, 0.1) is 12.8 Å². The molecule has 23 heavy (non-hydrogen) atoms. The molecule has 0 aliphatic carbocycles. The fraction of sp³-hybridized carbons (Fsp3) is 0.316. The van der Waals surface area contributed by atoms with E-state index >= 15 is 0 Å². The van der Waals surface area contributed by atoms with Gasteiger partial charge in [-0.25, -0.2) is 0 Å². The lowest BCUT2D eigenvalue weighted by molar-refractivity contribution is -0.125. The topological polar surface area (TPSA) is 55.1 Å². The van der Waals surface area contributed by atoms with Crippen LogP contribution < -0.4 is 11.1 Å². The van der Waals surface area contributed by atoms with Gasteiger partial charge < -0.3 is 11.1 Å². The number of carbonyl (C=O) groups excluding carboxylic acids is 1. The highest BCUT2D eigenvalue weighted by Crippen LogP contribution is 2.21. The van der Waals surface area contributed by atoms with E-state index in [0.717, 1.165) is 11.1 Å². The standard InChI is InChI=1S/C19H24N2O.ClH/c1-13-6-4-8-17(10-13)18-9-5-7-16(11-18)12-21-19(22)14(2)15(3)20;/h4-11,14-15H,12,20H2,1-3H3,(H,21,22);1H. The number of rotatable bonds is 5. The Morgan fingerprint density at radius 2 is 1.70 bits per heavy atom. The molecule has 1 amide bonds. The lowest BCUT2D eigenvalue weighted by Crippen LogP contribution is -2.38. The zero-order valence-corrected chi connectivity index (χ0v) is 14.7. The van der Waals surface area contributed by atoms with Crippen LogP contribution in [0.4, 0.5) is 0 Å². The van der Waals surface area contributed by atoms with Gasteiger partial charge in [0.1, 0.15) is 0 Å². The summed E-state index contributed by atoms with van der Waals surface area (Å²) in [7, 11) is 0. The predicted octanol–water partition coefficient (Wildman–Crippen LogP) is 3.68. The normalized spacial score (nSPS) is 12.9. The van der Waals surface area contributed by atoms with Crippen molar-refractivity contribution in [1.29, 1.82) is 0 Å². The molecule has 0 aromatic heterocycles. The molecule has 0 saturated carbocycles. The number of hydrogen-bond donors (Lipinski definition) is 2. The fourth-order valence-corrected chi connectivity index (χ4v) is 2.27.